The monoisotopic (exact) mass is 881 g/mol. The Labute approximate surface area is 403 Å². The van der Waals surface area contributed by atoms with Crippen molar-refractivity contribution in [2.75, 3.05) is 14.7 Å². The van der Waals surface area contributed by atoms with E-state index >= 15 is 0 Å². The zero-order chi connectivity index (χ0) is 45.7. The van der Waals surface area contributed by atoms with Gasteiger partial charge in [-0.25, -0.2) is 0 Å². The molecule has 5 aliphatic rings. The lowest BCUT2D eigenvalue weighted by molar-refractivity contribution is 0.477. The summed E-state index contributed by atoms with van der Waals surface area (Å²) >= 11 is 0. The molecule has 0 amide bonds. The Bertz CT molecular complexity index is 3800. The van der Waals surface area contributed by atoms with Crippen molar-refractivity contribution in [2.45, 2.75) is 26.2 Å². The number of fused-ring (bicyclic) bond motifs is 16. The number of ether oxygens (including phenoxy) is 1. The van der Waals surface area contributed by atoms with Gasteiger partial charge in [0.15, 0.2) is 11.5 Å². The Morgan fingerprint density at radius 3 is 1.57 bits per heavy atom. The maximum absolute atomic E-state index is 6.53. The van der Waals surface area contributed by atoms with E-state index in [0.717, 1.165) is 34.2 Å². The summed E-state index contributed by atoms with van der Waals surface area (Å²) in [4.78, 5) is 7.47. The minimum atomic E-state index is -0.599. The molecule has 0 bridgehead atoms. The largest absolute Gasteiger partial charge is 0.453 e. The molecule has 0 aromatic heterocycles. The van der Waals surface area contributed by atoms with Crippen LogP contribution in [0, 0.1) is 20.8 Å². The van der Waals surface area contributed by atoms with E-state index in [4.69, 9.17) is 4.74 Å². The molecular formula is C64H44BN3O. The average molecular weight is 882 g/mol. The third-order valence-electron chi connectivity index (χ3n) is 15.6. The Morgan fingerprint density at radius 1 is 0.333 bits per heavy atom. The third kappa shape index (κ3) is 5.14. The van der Waals surface area contributed by atoms with Crippen LogP contribution < -0.4 is 35.8 Å². The van der Waals surface area contributed by atoms with Gasteiger partial charge in [0.1, 0.15) is 0 Å². The van der Waals surface area contributed by atoms with E-state index in [2.05, 4.69) is 248 Å². The molecule has 3 heterocycles. The molecule has 0 N–H and O–H groups in total. The van der Waals surface area contributed by atoms with E-state index in [1.807, 2.05) is 0 Å². The number of benzene rings is 10. The maximum atomic E-state index is 6.53. The van der Waals surface area contributed by atoms with Gasteiger partial charge in [-0.05, 0) is 172 Å². The van der Waals surface area contributed by atoms with Gasteiger partial charge >= 0.3 is 0 Å². The fraction of sp³-hybridized carbons (Fsp3) is 0.0625. The normalized spacial score (nSPS) is 15.8. The molecule has 0 fully saturated rings. The van der Waals surface area contributed by atoms with E-state index in [0.29, 0.717) is 0 Å². The van der Waals surface area contributed by atoms with Crippen molar-refractivity contribution in [3.63, 3.8) is 0 Å². The average Bonchev–Trinajstić information content (AvgIpc) is 3.84. The molecule has 1 spiro atoms. The van der Waals surface area contributed by atoms with Crippen LogP contribution in [0.2, 0.25) is 0 Å². The summed E-state index contributed by atoms with van der Waals surface area (Å²) in [6, 6.07) is 79.6. The van der Waals surface area contributed by atoms with Crippen molar-refractivity contribution < 1.29 is 4.74 Å². The molecule has 2 aliphatic carbocycles. The quantitative estimate of drug-likeness (QED) is 0.165. The van der Waals surface area contributed by atoms with Gasteiger partial charge in [0.05, 0.1) is 16.8 Å². The first-order valence-electron chi connectivity index (χ1n) is 24.1. The summed E-state index contributed by atoms with van der Waals surface area (Å²) in [5.41, 5.74) is 27.8. The first-order valence-corrected chi connectivity index (χ1v) is 24.1. The zero-order valence-corrected chi connectivity index (χ0v) is 38.5. The van der Waals surface area contributed by atoms with Crippen LogP contribution in [0.15, 0.2) is 212 Å². The maximum Gasteiger partial charge on any atom is 0.252 e. The van der Waals surface area contributed by atoms with E-state index in [9.17, 15) is 0 Å². The molecule has 0 saturated carbocycles. The molecule has 324 valence electrons. The molecule has 10 aromatic rings. The Kier molecular flexibility index (Phi) is 7.83. The van der Waals surface area contributed by atoms with Gasteiger partial charge in [0, 0.05) is 39.8 Å². The topological polar surface area (TPSA) is 19.0 Å². The fourth-order valence-corrected chi connectivity index (χ4v) is 12.8. The molecule has 4 nitrogen and oxygen atoms in total. The molecule has 15 rings (SSSR count). The van der Waals surface area contributed by atoms with Crippen molar-refractivity contribution in [1.82, 2.24) is 0 Å². The third-order valence-corrected chi connectivity index (χ3v) is 15.6. The highest BCUT2D eigenvalue weighted by Gasteiger charge is 2.54. The summed E-state index contributed by atoms with van der Waals surface area (Å²) in [5.74, 6) is 1.69. The summed E-state index contributed by atoms with van der Waals surface area (Å²) in [6.07, 6.45) is 0. The van der Waals surface area contributed by atoms with Gasteiger partial charge in [-0.3, -0.25) is 0 Å². The van der Waals surface area contributed by atoms with Gasteiger partial charge in [0.25, 0.3) is 6.71 Å². The number of aryl methyl sites for hydroxylation is 3. The molecule has 1 unspecified atom stereocenters. The fourth-order valence-electron chi connectivity index (χ4n) is 12.8. The van der Waals surface area contributed by atoms with Crippen molar-refractivity contribution in [3.8, 4) is 33.8 Å². The van der Waals surface area contributed by atoms with E-state index in [-0.39, 0.29) is 6.71 Å². The molecule has 5 heteroatoms. The van der Waals surface area contributed by atoms with Crippen LogP contribution in [0.5, 0.6) is 11.5 Å². The predicted molar refractivity (Wildman–Crippen MR) is 286 cm³/mol. The highest BCUT2D eigenvalue weighted by molar-refractivity contribution is 7.00. The number of hydrogen-bond donors (Lipinski definition) is 0. The first-order chi connectivity index (χ1) is 34.0. The van der Waals surface area contributed by atoms with Crippen LogP contribution in [0.4, 0.5) is 51.2 Å². The van der Waals surface area contributed by atoms with Crippen LogP contribution in [-0.2, 0) is 5.41 Å². The van der Waals surface area contributed by atoms with Gasteiger partial charge in [-0.1, -0.05) is 139 Å². The number of anilines is 9. The SMILES string of the molecule is Cc1ccc(N2c3ccc(C)cc3B3c4cc5c(cc4N(c4ccccc4)c4cc(C)cc2c43)C2(c3ccccc3-c3ccc(N4c6ccccc6Oc6ccccc64)cc32)c2ccccc2-5)cc1. The van der Waals surface area contributed by atoms with Crippen molar-refractivity contribution in [2.24, 2.45) is 0 Å². The Hall–Kier alpha value is -8.54. The zero-order valence-electron chi connectivity index (χ0n) is 38.5. The van der Waals surface area contributed by atoms with Gasteiger partial charge in [-0.15, -0.1) is 0 Å². The molecule has 69 heavy (non-hydrogen) atoms. The second-order valence-electron chi connectivity index (χ2n) is 19.5. The second-order valence-corrected chi connectivity index (χ2v) is 19.5. The number of nitrogens with zero attached hydrogens (tertiary/aromatic N) is 3. The molecule has 0 radical (unpaired) electrons. The summed E-state index contributed by atoms with van der Waals surface area (Å²) in [5, 5.41) is 0. The summed E-state index contributed by atoms with van der Waals surface area (Å²) in [7, 11) is 0. The highest BCUT2D eigenvalue weighted by atomic mass is 16.5. The minimum Gasteiger partial charge on any atom is -0.453 e. The smallest absolute Gasteiger partial charge is 0.252 e. The van der Waals surface area contributed by atoms with Crippen LogP contribution in [0.25, 0.3) is 22.3 Å². The van der Waals surface area contributed by atoms with E-state index < -0.39 is 5.41 Å². The number of para-hydroxylation sites is 5. The summed E-state index contributed by atoms with van der Waals surface area (Å²) in [6.45, 7) is 6.66. The lowest BCUT2D eigenvalue weighted by Crippen LogP contribution is -2.61. The number of hydrogen-bond acceptors (Lipinski definition) is 4. The molecular weight excluding hydrogens is 838 g/mol. The van der Waals surface area contributed by atoms with E-state index in [1.54, 1.807) is 0 Å². The molecule has 10 aromatic carbocycles. The minimum absolute atomic E-state index is 0.00705. The lowest BCUT2D eigenvalue weighted by Gasteiger charge is -2.45. The van der Waals surface area contributed by atoms with Crippen LogP contribution in [0.1, 0.15) is 38.9 Å². The Morgan fingerprint density at radius 2 is 0.855 bits per heavy atom. The van der Waals surface area contributed by atoms with Crippen LogP contribution in [0.3, 0.4) is 0 Å². The van der Waals surface area contributed by atoms with Crippen LogP contribution in [-0.4, -0.2) is 6.71 Å². The molecule has 3 aliphatic heterocycles. The molecule has 1 atom stereocenters. The highest BCUT2D eigenvalue weighted by Crippen LogP contribution is 2.64. The van der Waals surface area contributed by atoms with E-state index in [1.165, 1.54) is 106 Å². The van der Waals surface area contributed by atoms with Crippen molar-refractivity contribution in [1.29, 1.82) is 0 Å². The standard InChI is InChI=1S/C64H44BN3O/c1-39-25-28-43(29-26-39)66-55-32-27-40(2)33-53(55)65-54-37-48-46-18-8-10-20-50(46)64(52(48)38-58(54)67(42-15-5-4-6-16-42)60-35-41(3)34-59(66)63(60)65)49-19-9-7-17-45(49)47-31-30-44(36-51(47)64)68-56-21-11-13-23-61(56)69-62-24-14-12-22-57(62)68/h4-38H,1-3H3. The lowest BCUT2D eigenvalue weighted by atomic mass is 9.33. The second kappa shape index (κ2) is 14.0. The predicted octanol–water partition coefficient (Wildman–Crippen LogP) is 14.6. The number of rotatable bonds is 3. The van der Waals surface area contributed by atoms with Crippen LogP contribution >= 0.6 is 0 Å². The van der Waals surface area contributed by atoms with Gasteiger partial charge in [0.2, 0.25) is 0 Å². The summed E-state index contributed by atoms with van der Waals surface area (Å²) < 4.78 is 6.53. The Balaban J connectivity index is 1.03. The molecule has 0 saturated heterocycles. The van der Waals surface area contributed by atoms with Crippen molar-refractivity contribution >= 4 is 74.3 Å². The van der Waals surface area contributed by atoms with Gasteiger partial charge < -0.3 is 19.4 Å². The van der Waals surface area contributed by atoms with Crippen molar-refractivity contribution in [3.05, 3.63) is 251 Å². The van der Waals surface area contributed by atoms with Gasteiger partial charge in [-0.2, -0.15) is 0 Å². The first kappa shape index (κ1) is 38.6.